The average molecular weight is 182 g/mol. The van der Waals surface area contributed by atoms with Gasteiger partial charge in [0.15, 0.2) is 0 Å². The van der Waals surface area contributed by atoms with Gasteiger partial charge in [0.2, 0.25) is 0 Å². The molecule has 0 aromatic heterocycles. The SMILES string of the molecule is CCOC[Si](C)(C)C1C=CC=C1. The van der Waals surface area contributed by atoms with Crippen molar-refractivity contribution in [3.63, 3.8) is 0 Å². The van der Waals surface area contributed by atoms with Crippen molar-refractivity contribution in [1.82, 2.24) is 0 Å². The second kappa shape index (κ2) is 4.05. The molecule has 0 spiro atoms. The van der Waals surface area contributed by atoms with E-state index in [4.69, 9.17) is 4.74 Å². The molecule has 0 atom stereocenters. The maximum Gasteiger partial charge on any atom is 0.0883 e. The average Bonchev–Trinajstić information content (AvgIpc) is 2.53. The van der Waals surface area contributed by atoms with Gasteiger partial charge in [-0.05, 0) is 12.5 Å². The molecule has 1 aliphatic carbocycles. The van der Waals surface area contributed by atoms with E-state index >= 15 is 0 Å². The fourth-order valence-electron chi connectivity index (χ4n) is 1.41. The summed E-state index contributed by atoms with van der Waals surface area (Å²) in [5.41, 5.74) is 0.684. The van der Waals surface area contributed by atoms with E-state index in [-0.39, 0.29) is 0 Å². The first-order valence-electron chi connectivity index (χ1n) is 4.59. The van der Waals surface area contributed by atoms with Gasteiger partial charge in [-0.1, -0.05) is 37.4 Å². The lowest BCUT2D eigenvalue weighted by Crippen LogP contribution is -2.36. The second-order valence-corrected chi connectivity index (χ2v) is 8.85. The molecule has 68 valence electrons. The molecular weight excluding hydrogens is 164 g/mol. The number of hydrogen-bond donors (Lipinski definition) is 0. The summed E-state index contributed by atoms with van der Waals surface area (Å²) in [6.45, 7) is 7.67. The highest BCUT2D eigenvalue weighted by Crippen LogP contribution is 2.28. The van der Waals surface area contributed by atoms with Gasteiger partial charge in [0.25, 0.3) is 0 Å². The van der Waals surface area contributed by atoms with E-state index in [9.17, 15) is 0 Å². The summed E-state index contributed by atoms with van der Waals surface area (Å²) in [5.74, 6) is 0. The van der Waals surface area contributed by atoms with Crippen LogP contribution in [0.1, 0.15) is 6.92 Å². The fraction of sp³-hybridized carbons (Fsp3) is 0.600. The fourth-order valence-corrected chi connectivity index (χ4v) is 3.60. The Morgan fingerprint density at radius 2 is 1.83 bits per heavy atom. The lowest BCUT2D eigenvalue weighted by molar-refractivity contribution is 0.188. The molecule has 0 radical (unpaired) electrons. The molecule has 0 bridgehead atoms. The molecule has 0 aromatic carbocycles. The Morgan fingerprint density at radius 3 is 2.33 bits per heavy atom. The van der Waals surface area contributed by atoms with Gasteiger partial charge in [-0.3, -0.25) is 0 Å². The lowest BCUT2D eigenvalue weighted by Gasteiger charge is -2.26. The van der Waals surface area contributed by atoms with Gasteiger partial charge in [-0.15, -0.1) is 0 Å². The van der Waals surface area contributed by atoms with E-state index in [1.807, 2.05) is 0 Å². The second-order valence-electron chi connectivity index (χ2n) is 3.92. The monoisotopic (exact) mass is 182 g/mol. The number of ether oxygens (including phenoxy) is 1. The van der Waals surface area contributed by atoms with Gasteiger partial charge < -0.3 is 4.74 Å². The van der Waals surface area contributed by atoms with Crippen LogP contribution in [-0.4, -0.2) is 20.9 Å². The molecule has 1 aliphatic rings. The predicted octanol–water partition coefficient (Wildman–Crippen LogP) is 2.77. The standard InChI is InChI=1S/C10H18OSi/c1-4-11-9-12(2,3)10-7-5-6-8-10/h5-8,10H,4,9H2,1-3H3. The van der Waals surface area contributed by atoms with Gasteiger partial charge in [-0.25, -0.2) is 0 Å². The third-order valence-corrected chi connectivity index (χ3v) is 5.47. The Morgan fingerprint density at radius 1 is 1.25 bits per heavy atom. The first-order valence-corrected chi connectivity index (χ1v) is 7.88. The van der Waals surface area contributed by atoms with Crippen molar-refractivity contribution >= 4 is 8.07 Å². The van der Waals surface area contributed by atoms with Crippen molar-refractivity contribution in [3.8, 4) is 0 Å². The maximum atomic E-state index is 5.50. The first-order chi connectivity index (χ1) is 5.67. The van der Waals surface area contributed by atoms with Gasteiger partial charge in [0.05, 0.1) is 8.07 Å². The van der Waals surface area contributed by atoms with Crippen LogP contribution in [-0.2, 0) is 4.74 Å². The summed E-state index contributed by atoms with van der Waals surface area (Å²) in [7, 11) is -1.19. The minimum Gasteiger partial charge on any atom is -0.385 e. The molecule has 0 aliphatic heterocycles. The molecule has 1 rings (SSSR count). The van der Waals surface area contributed by atoms with Crippen LogP contribution in [0, 0.1) is 0 Å². The number of rotatable bonds is 4. The zero-order valence-electron chi connectivity index (χ0n) is 8.21. The largest absolute Gasteiger partial charge is 0.385 e. The van der Waals surface area contributed by atoms with Gasteiger partial charge in [0.1, 0.15) is 0 Å². The minimum atomic E-state index is -1.19. The Bertz CT molecular complexity index is 182. The highest BCUT2D eigenvalue weighted by molar-refractivity contribution is 6.79. The van der Waals surface area contributed by atoms with E-state index in [2.05, 4.69) is 44.3 Å². The normalized spacial score (nSPS) is 17.6. The number of hydrogen-bond acceptors (Lipinski definition) is 1. The van der Waals surface area contributed by atoms with Crippen molar-refractivity contribution in [2.45, 2.75) is 25.6 Å². The molecule has 0 fully saturated rings. The van der Waals surface area contributed by atoms with E-state index < -0.39 is 8.07 Å². The van der Waals surface area contributed by atoms with Gasteiger partial charge >= 0.3 is 0 Å². The van der Waals surface area contributed by atoms with Crippen LogP contribution in [0.15, 0.2) is 24.3 Å². The van der Waals surface area contributed by atoms with Crippen molar-refractivity contribution < 1.29 is 4.74 Å². The van der Waals surface area contributed by atoms with Crippen LogP contribution in [0.3, 0.4) is 0 Å². The molecule has 0 aromatic rings. The van der Waals surface area contributed by atoms with Crippen molar-refractivity contribution in [1.29, 1.82) is 0 Å². The molecular formula is C10H18OSi. The Hall–Kier alpha value is -0.343. The molecule has 12 heavy (non-hydrogen) atoms. The summed E-state index contributed by atoms with van der Waals surface area (Å²) in [6.07, 6.45) is 9.86. The Kier molecular flexibility index (Phi) is 3.29. The molecule has 0 unspecified atom stereocenters. The molecule has 0 saturated heterocycles. The van der Waals surface area contributed by atoms with E-state index in [1.165, 1.54) is 0 Å². The van der Waals surface area contributed by atoms with Crippen LogP contribution < -0.4 is 0 Å². The van der Waals surface area contributed by atoms with Crippen LogP contribution in [0.4, 0.5) is 0 Å². The van der Waals surface area contributed by atoms with Crippen LogP contribution in [0.5, 0.6) is 0 Å². The third-order valence-electron chi connectivity index (χ3n) is 2.33. The molecule has 2 heteroatoms. The summed E-state index contributed by atoms with van der Waals surface area (Å²) in [4.78, 5) is 0. The zero-order chi connectivity index (χ0) is 9.03. The van der Waals surface area contributed by atoms with Gasteiger partial charge in [0, 0.05) is 12.8 Å². The van der Waals surface area contributed by atoms with E-state index in [0.29, 0.717) is 5.54 Å². The van der Waals surface area contributed by atoms with E-state index in [0.717, 1.165) is 12.8 Å². The first kappa shape index (κ1) is 9.74. The molecule has 1 nitrogen and oxygen atoms in total. The van der Waals surface area contributed by atoms with Crippen molar-refractivity contribution in [2.24, 2.45) is 0 Å². The molecule has 0 amide bonds. The highest BCUT2D eigenvalue weighted by atomic mass is 28.3. The highest BCUT2D eigenvalue weighted by Gasteiger charge is 2.29. The Labute approximate surface area is 76.1 Å². The van der Waals surface area contributed by atoms with Crippen LogP contribution in [0.25, 0.3) is 0 Å². The minimum absolute atomic E-state index is 0.684. The lowest BCUT2D eigenvalue weighted by atomic mass is 10.5. The summed E-state index contributed by atoms with van der Waals surface area (Å²) in [6, 6.07) is 0. The van der Waals surface area contributed by atoms with Crippen molar-refractivity contribution in [2.75, 3.05) is 12.8 Å². The third kappa shape index (κ3) is 2.32. The molecule has 0 N–H and O–H groups in total. The van der Waals surface area contributed by atoms with E-state index in [1.54, 1.807) is 0 Å². The molecule has 0 heterocycles. The maximum absolute atomic E-state index is 5.50. The summed E-state index contributed by atoms with van der Waals surface area (Å²) >= 11 is 0. The topological polar surface area (TPSA) is 9.23 Å². The van der Waals surface area contributed by atoms with Gasteiger partial charge in [-0.2, -0.15) is 0 Å². The predicted molar refractivity (Wildman–Crippen MR) is 56.0 cm³/mol. The van der Waals surface area contributed by atoms with Crippen molar-refractivity contribution in [3.05, 3.63) is 24.3 Å². The quantitative estimate of drug-likeness (QED) is 0.607. The van der Waals surface area contributed by atoms with Crippen LogP contribution >= 0.6 is 0 Å². The summed E-state index contributed by atoms with van der Waals surface area (Å²) < 4.78 is 5.50. The summed E-state index contributed by atoms with van der Waals surface area (Å²) in [5, 5.41) is 0. The van der Waals surface area contributed by atoms with Crippen LogP contribution in [0.2, 0.25) is 18.6 Å². The smallest absolute Gasteiger partial charge is 0.0883 e. The zero-order valence-corrected chi connectivity index (χ0v) is 9.21. The Balaban J connectivity index is 2.46. The number of allylic oxidation sites excluding steroid dienone is 4. The molecule has 0 saturated carbocycles.